The van der Waals surface area contributed by atoms with E-state index in [0.29, 0.717) is 0 Å². The fourth-order valence-corrected chi connectivity index (χ4v) is 3.18. The fourth-order valence-electron chi connectivity index (χ4n) is 2.57. The van der Waals surface area contributed by atoms with Crippen LogP contribution in [0.3, 0.4) is 0 Å². The Bertz CT molecular complexity index is 605. The van der Waals surface area contributed by atoms with Gasteiger partial charge in [-0.15, -0.1) is 0 Å². The van der Waals surface area contributed by atoms with E-state index in [1.54, 1.807) is 0 Å². The van der Waals surface area contributed by atoms with Crippen molar-refractivity contribution in [3.63, 3.8) is 0 Å². The van der Waals surface area contributed by atoms with Gasteiger partial charge in [-0.25, -0.2) is 13.4 Å². The van der Waals surface area contributed by atoms with Crippen LogP contribution < -0.4 is 5.32 Å². The van der Waals surface area contributed by atoms with Gasteiger partial charge in [0.15, 0.2) is 0 Å². The number of hydrogen-bond donors (Lipinski definition) is 1. The van der Waals surface area contributed by atoms with E-state index in [9.17, 15) is 8.42 Å². The van der Waals surface area contributed by atoms with Gasteiger partial charge in [-0.1, -0.05) is 12.1 Å². The second-order valence-corrected chi connectivity index (χ2v) is 6.55. The maximum atomic E-state index is 11.6. The SMILES string of the molecule is CS(=O)(=O)C1=NC2CCCc3cccc(c32)N1. The number of rotatable bonds is 0. The zero-order chi connectivity index (χ0) is 12.0. The Labute approximate surface area is 101 Å². The van der Waals surface area contributed by atoms with E-state index in [2.05, 4.69) is 16.4 Å². The second-order valence-electron chi connectivity index (χ2n) is 4.62. The van der Waals surface area contributed by atoms with Gasteiger partial charge in [0, 0.05) is 17.5 Å². The molecule has 1 aromatic rings. The number of sulfone groups is 1. The highest BCUT2D eigenvalue weighted by Gasteiger charge is 2.29. The van der Waals surface area contributed by atoms with Crippen LogP contribution in [0.25, 0.3) is 0 Å². The largest absolute Gasteiger partial charge is 0.331 e. The highest BCUT2D eigenvalue weighted by atomic mass is 32.2. The summed E-state index contributed by atoms with van der Waals surface area (Å²) >= 11 is 0. The lowest BCUT2D eigenvalue weighted by Crippen LogP contribution is -2.29. The van der Waals surface area contributed by atoms with E-state index in [-0.39, 0.29) is 11.2 Å². The molecule has 5 heteroatoms. The number of benzene rings is 1. The molecule has 0 radical (unpaired) electrons. The number of nitrogens with zero attached hydrogens (tertiary/aromatic N) is 1. The maximum Gasteiger partial charge on any atom is 0.221 e. The van der Waals surface area contributed by atoms with Crippen LogP contribution in [-0.2, 0) is 16.3 Å². The van der Waals surface area contributed by atoms with Crippen molar-refractivity contribution in [3.05, 3.63) is 29.3 Å². The molecule has 1 heterocycles. The molecule has 1 aliphatic heterocycles. The molecular weight excluding hydrogens is 236 g/mol. The van der Waals surface area contributed by atoms with Crippen molar-refractivity contribution in [2.75, 3.05) is 11.6 Å². The molecule has 1 unspecified atom stereocenters. The summed E-state index contributed by atoms with van der Waals surface area (Å²) in [4.78, 5) is 4.34. The average molecular weight is 250 g/mol. The van der Waals surface area contributed by atoms with Gasteiger partial charge in [0.2, 0.25) is 15.0 Å². The number of hydrogen-bond acceptors (Lipinski definition) is 4. The quantitative estimate of drug-likeness (QED) is 0.765. The molecule has 0 saturated heterocycles. The predicted molar refractivity (Wildman–Crippen MR) is 68.0 cm³/mol. The monoisotopic (exact) mass is 250 g/mol. The maximum absolute atomic E-state index is 11.6. The van der Waals surface area contributed by atoms with Crippen molar-refractivity contribution >= 4 is 20.7 Å². The summed E-state index contributed by atoms with van der Waals surface area (Å²) in [5.41, 5.74) is 3.39. The van der Waals surface area contributed by atoms with Gasteiger partial charge >= 0.3 is 0 Å². The molecule has 0 aromatic heterocycles. The highest BCUT2D eigenvalue weighted by Crippen LogP contribution is 2.40. The summed E-state index contributed by atoms with van der Waals surface area (Å²) in [6, 6.07) is 6.01. The highest BCUT2D eigenvalue weighted by molar-refractivity contribution is 8.06. The van der Waals surface area contributed by atoms with Gasteiger partial charge in [0.1, 0.15) is 0 Å². The van der Waals surface area contributed by atoms with Crippen molar-refractivity contribution < 1.29 is 8.42 Å². The van der Waals surface area contributed by atoms with Crippen LogP contribution in [0.2, 0.25) is 0 Å². The first-order valence-corrected chi connectivity index (χ1v) is 7.61. The second kappa shape index (κ2) is 3.57. The summed E-state index contributed by atoms with van der Waals surface area (Å²) in [6.07, 6.45) is 4.26. The van der Waals surface area contributed by atoms with Crippen LogP contribution in [-0.4, -0.2) is 19.8 Å². The molecule has 3 rings (SSSR count). The Morgan fingerprint density at radius 1 is 1.41 bits per heavy atom. The van der Waals surface area contributed by atoms with Gasteiger partial charge < -0.3 is 5.32 Å². The van der Waals surface area contributed by atoms with Gasteiger partial charge in [-0.05, 0) is 30.9 Å². The topological polar surface area (TPSA) is 58.5 Å². The molecule has 1 atom stereocenters. The number of aliphatic imine (C=N–C) groups is 1. The van der Waals surface area contributed by atoms with E-state index < -0.39 is 9.84 Å². The zero-order valence-electron chi connectivity index (χ0n) is 9.60. The first-order chi connectivity index (χ1) is 8.05. The Morgan fingerprint density at radius 3 is 3.00 bits per heavy atom. The van der Waals surface area contributed by atoms with Crippen molar-refractivity contribution in [3.8, 4) is 0 Å². The molecule has 0 spiro atoms. The molecule has 1 aliphatic carbocycles. The van der Waals surface area contributed by atoms with E-state index in [1.807, 2.05) is 12.1 Å². The van der Waals surface area contributed by atoms with E-state index >= 15 is 0 Å². The molecule has 4 nitrogen and oxygen atoms in total. The molecule has 90 valence electrons. The zero-order valence-corrected chi connectivity index (χ0v) is 10.4. The Kier molecular flexibility index (Phi) is 2.26. The number of anilines is 1. The lowest BCUT2D eigenvalue weighted by molar-refractivity contribution is 0.569. The molecule has 1 aromatic carbocycles. The third-order valence-electron chi connectivity index (χ3n) is 3.32. The third-order valence-corrected chi connectivity index (χ3v) is 4.23. The van der Waals surface area contributed by atoms with Crippen LogP contribution in [0.15, 0.2) is 23.2 Å². The Morgan fingerprint density at radius 2 is 2.24 bits per heavy atom. The summed E-state index contributed by atoms with van der Waals surface area (Å²) in [6.45, 7) is 0. The van der Waals surface area contributed by atoms with Crippen LogP contribution in [0, 0.1) is 0 Å². The molecule has 0 fully saturated rings. The van der Waals surface area contributed by atoms with Gasteiger partial charge in [-0.3, -0.25) is 0 Å². The molecule has 0 bridgehead atoms. The average Bonchev–Trinajstić information content (AvgIpc) is 2.28. The minimum absolute atomic E-state index is 0.0147. The molecule has 0 saturated carbocycles. The molecule has 2 aliphatic rings. The van der Waals surface area contributed by atoms with Crippen LogP contribution in [0.5, 0.6) is 0 Å². The minimum Gasteiger partial charge on any atom is -0.331 e. The van der Waals surface area contributed by atoms with E-state index in [4.69, 9.17) is 0 Å². The van der Waals surface area contributed by atoms with E-state index in [0.717, 1.165) is 24.9 Å². The van der Waals surface area contributed by atoms with Gasteiger partial charge in [-0.2, -0.15) is 0 Å². The summed E-state index contributed by atoms with van der Waals surface area (Å²) in [7, 11) is -3.26. The van der Waals surface area contributed by atoms with Gasteiger partial charge in [0.25, 0.3) is 0 Å². The summed E-state index contributed by atoms with van der Waals surface area (Å²) in [5, 5.41) is 3.04. The molecule has 1 N–H and O–H groups in total. The fraction of sp³-hybridized carbons (Fsp3) is 0.417. The standard InChI is InChI=1S/C12H14N2O2S/c1-17(15,16)12-13-9-6-2-4-8-5-3-7-10(14-12)11(8)9/h2,4,6,10H,3,5,7H2,1H3,(H,13,14). The van der Waals surface area contributed by atoms with Crippen molar-refractivity contribution in [2.24, 2.45) is 4.99 Å². The molecular formula is C12H14N2O2S. The lowest BCUT2D eigenvalue weighted by atomic mass is 9.86. The first-order valence-electron chi connectivity index (χ1n) is 5.72. The van der Waals surface area contributed by atoms with Crippen molar-refractivity contribution in [1.82, 2.24) is 0 Å². The van der Waals surface area contributed by atoms with Crippen LogP contribution >= 0.6 is 0 Å². The lowest BCUT2D eigenvalue weighted by Gasteiger charge is -2.30. The number of amidine groups is 1. The van der Waals surface area contributed by atoms with Crippen LogP contribution in [0.1, 0.15) is 30.0 Å². The van der Waals surface area contributed by atoms with Crippen molar-refractivity contribution in [2.45, 2.75) is 25.3 Å². The smallest absolute Gasteiger partial charge is 0.221 e. The van der Waals surface area contributed by atoms with E-state index in [1.165, 1.54) is 17.4 Å². The summed E-state index contributed by atoms with van der Waals surface area (Å²) < 4.78 is 23.1. The Hall–Kier alpha value is -1.36. The summed E-state index contributed by atoms with van der Waals surface area (Å²) in [5.74, 6) is 0. The predicted octanol–water partition coefficient (Wildman–Crippen LogP) is 1.89. The van der Waals surface area contributed by atoms with Crippen LogP contribution in [0.4, 0.5) is 5.69 Å². The number of nitrogens with one attached hydrogen (secondary N) is 1. The third kappa shape index (κ3) is 1.74. The molecule has 17 heavy (non-hydrogen) atoms. The number of aryl methyl sites for hydroxylation is 1. The first kappa shape index (κ1) is 10.8. The van der Waals surface area contributed by atoms with Crippen molar-refractivity contribution in [1.29, 1.82) is 0 Å². The van der Waals surface area contributed by atoms with Gasteiger partial charge in [0.05, 0.1) is 6.04 Å². The molecule has 0 amide bonds. The Balaban J connectivity index is 2.16. The minimum atomic E-state index is -3.26. The normalized spacial score (nSPS) is 22.4.